The molecule has 2 saturated heterocycles. The van der Waals surface area contributed by atoms with E-state index in [-0.39, 0.29) is 12.5 Å². The number of rotatable bonds is 3. The molecule has 0 aromatic carbocycles. The summed E-state index contributed by atoms with van der Waals surface area (Å²) in [6, 6.07) is 0. The zero-order chi connectivity index (χ0) is 14.1. The van der Waals surface area contributed by atoms with Gasteiger partial charge >= 0.3 is 0 Å². The van der Waals surface area contributed by atoms with Crippen LogP contribution in [-0.4, -0.2) is 69.3 Å². The maximum atomic E-state index is 12.5. The Morgan fingerprint density at radius 3 is 2.42 bits per heavy atom. The molecular formula is C11H22N4O3S. The van der Waals surface area contributed by atoms with Gasteiger partial charge in [-0.05, 0) is 13.3 Å². The van der Waals surface area contributed by atoms with Gasteiger partial charge in [-0.3, -0.25) is 4.79 Å². The SMILES string of the molecule is CNC(=O)C1(C)CCN(S(=O)(=O)N2CCNCC2)C1. The lowest BCUT2D eigenvalue weighted by Crippen LogP contribution is -2.52. The number of piperazine rings is 1. The van der Waals surface area contributed by atoms with Crippen molar-refractivity contribution in [3.8, 4) is 0 Å². The average molecular weight is 290 g/mol. The normalized spacial score (nSPS) is 30.4. The number of carbonyl (C=O) groups is 1. The Bertz CT molecular complexity index is 447. The molecule has 19 heavy (non-hydrogen) atoms. The first kappa shape index (κ1) is 14.7. The quantitative estimate of drug-likeness (QED) is 0.669. The zero-order valence-corrected chi connectivity index (χ0v) is 12.3. The van der Waals surface area contributed by atoms with Gasteiger partial charge < -0.3 is 10.6 Å². The molecule has 7 nitrogen and oxygen atoms in total. The highest BCUT2D eigenvalue weighted by atomic mass is 32.2. The Kier molecular flexibility index (Phi) is 4.14. The van der Waals surface area contributed by atoms with Gasteiger partial charge in [0.05, 0.1) is 5.41 Å². The molecule has 0 spiro atoms. The van der Waals surface area contributed by atoms with Crippen molar-refractivity contribution in [1.29, 1.82) is 0 Å². The molecule has 0 aliphatic carbocycles. The van der Waals surface area contributed by atoms with Crippen molar-refractivity contribution >= 4 is 16.1 Å². The minimum atomic E-state index is -3.43. The summed E-state index contributed by atoms with van der Waals surface area (Å²) in [5.41, 5.74) is -0.615. The van der Waals surface area contributed by atoms with E-state index in [2.05, 4.69) is 10.6 Å². The maximum Gasteiger partial charge on any atom is 0.282 e. The standard InChI is InChI=1S/C11H22N4O3S/c1-11(10(16)12-2)3-6-15(9-11)19(17,18)14-7-4-13-5-8-14/h13H,3-9H2,1-2H3,(H,12,16). The molecule has 1 amide bonds. The predicted molar refractivity (Wildman–Crippen MR) is 71.7 cm³/mol. The van der Waals surface area contributed by atoms with E-state index in [1.165, 1.54) is 8.61 Å². The van der Waals surface area contributed by atoms with Crippen LogP contribution in [0.4, 0.5) is 0 Å². The fraction of sp³-hybridized carbons (Fsp3) is 0.909. The fourth-order valence-corrected chi connectivity index (χ4v) is 4.38. The van der Waals surface area contributed by atoms with E-state index in [0.29, 0.717) is 39.1 Å². The average Bonchev–Trinajstić information content (AvgIpc) is 2.83. The third kappa shape index (κ3) is 2.76. The summed E-state index contributed by atoms with van der Waals surface area (Å²) in [5, 5.41) is 5.75. The van der Waals surface area contributed by atoms with Crippen LogP contribution in [0.5, 0.6) is 0 Å². The number of amides is 1. The number of nitrogens with one attached hydrogen (secondary N) is 2. The minimum Gasteiger partial charge on any atom is -0.359 e. The van der Waals surface area contributed by atoms with Gasteiger partial charge in [0.2, 0.25) is 5.91 Å². The molecule has 2 rings (SSSR count). The van der Waals surface area contributed by atoms with Crippen LogP contribution in [0, 0.1) is 5.41 Å². The van der Waals surface area contributed by atoms with Gasteiger partial charge in [-0.15, -0.1) is 0 Å². The largest absolute Gasteiger partial charge is 0.359 e. The topological polar surface area (TPSA) is 81.8 Å². The van der Waals surface area contributed by atoms with Gasteiger partial charge in [0.15, 0.2) is 0 Å². The number of carbonyl (C=O) groups excluding carboxylic acids is 1. The highest BCUT2D eigenvalue weighted by Crippen LogP contribution is 2.32. The van der Waals surface area contributed by atoms with E-state index in [4.69, 9.17) is 0 Å². The molecular weight excluding hydrogens is 268 g/mol. The fourth-order valence-electron chi connectivity index (χ4n) is 2.64. The van der Waals surface area contributed by atoms with Gasteiger partial charge in [-0.25, -0.2) is 0 Å². The van der Waals surface area contributed by atoms with E-state index < -0.39 is 15.6 Å². The molecule has 2 fully saturated rings. The van der Waals surface area contributed by atoms with Gasteiger partial charge in [-0.1, -0.05) is 0 Å². The second kappa shape index (κ2) is 5.35. The lowest BCUT2D eigenvalue weighted by Gasteiger charge is -2.31. The van der Waals surface area contributed by atoms with Crippen LogP contribution >= 0.6 is 0 Å². The van der Waals surface area contributed by atoms with E-state index in [1.807, 2.05) is 6.92 Å². The minimum absolute atomic E-state index is 0.0921. The van der Waals surface area contributed by atoms with Crippen molar-refractivity contribution in [3.05, 3.63) is 0 Å². The lowest BCUT2D eigenvalue weighted by molar-refractivity contribution is -0.128. The molecule has 8 heteroatoms. The van der Waals surface area contributed by atoms with Gasteiger partial charge in [0.25, 0.3) is 10.2 Å². The van der Waals surface area contributed by atoms with E-state index in [0.717, 1.165) is 0 Å². The zero-order valence-electron chi connectivity index (χ0n) is 11.5. The smallest absolute Gasteiger partial charge is 0.282 e. The molecule has 2 aliphatic heterocycles. The first-order valence-electron chi connectivity index (χ1n) is 6.58. The third-order valence-corrected chi connectivity index (χ3v) is 5.92. The first-order valence-corrected chi connectivity index (χ1v) is 7.98. The number of hydrogen-bond acceptors (Lipinski definition) is 4. The second-order valence-electron chi connectivity index (χ2n) is 5.38. The van der Waals surface area contributed by atoms with Crippen LogP contribution in [0.1, 0.15) is 13.3 Å². The predicted octanol–water partition coefficient (Wildman–Crippen LogP) is -1.41. The van der Waals surface area contributed by atoms with Crippen molar-refractivity contribution in [3.63, 3.8) is 0 Å². The van der Waals surface area contributed by atoms with E-state index in [1.54, 1.807) is 7.05 Å². The molecule has 0 saturated carbocycles. The summed E-state index contributed by atoms with van der Waals surface area (Å²) < 4.78 is 27.9. The molecule has 1 atom stereocenters. The van der Waals surface area contributed by atoms with Gasteiger partial charge in [0, 0.05) is 46.3 Å². The Morgan fingerprint density at radius 2 is 1.84 bits per heavy atom. The Hall–Kier alpha value is -0.700. The summed E-state index contributed by atoms with van der Waals surface area (Å²) in [6.45, 7) is 4.85. The van der Waals surface area contributed by atoms with Crippen molar-refractivity contribution in [2.45, 2.75) is 13.3 Å². The molecule has 0 aromatic heterocycles. The highest BCUT2D eigenvalue weighted by molar-refractivity contribution is 7.86. The van der Waals surface area contributed by atoms with Crippen molar-refractivity contribution < 1.29 is 13.2 Å². The Morgan fingerprint density at radius 1 is 1.21 bits per heavy atom. The van der Waals surface area contributed by atoms with Crippen molar-refractivity contribution in [2.24, 2.45) is 5.41 Å². The summed E-state index contributed by atoms with van der Waals surface area (Å²) in [6.07, 6.45) is 0.567. The molecule has 1 unspecified atom stereocenters. The van der Waals surface area contributed by atoms with Crippen LogP contribution < -0.4 is 10.6 Å². The summed E-state index contributed by atoms with van der Waals surface area (Å²) in [5.74, 6) is -0.0921. The van der Waals surface area contributed by atoms with Crippen LogP contribution in [-0.2, 0) is 15.0 Å². The van der Waals surface area contributed by atoms with Crippen LogP contribution in [0.15, 0.2) is 0 Å². The van der Waals surface area contributed by atoms with Gasteiger partial charge in [-0.2, -0.15) is 17.0 Å². The van der Waals surface area contributed by atoms with Crippen molar-refractivity contribution in [1.82, 2.24) is 19.2 Å². The lowest BCUT2D eigenvalue weighted by atomic mass is 9.89. The highest BCUT2D eigenvalue weighted by Gasteiger charge is 2.45. The van der Waals surface area contributed by atoms with E-state index >= 15 is 0 Å². The molecule has 0 aromatic rings. The molecule has 110 valence electrons. The molecule has 0 radical (unpaired) electrons. The summed E-state index contributed by atoms with van der Waals surface area (Å²) >= 11 is 0. The summed E-state index contributed by atoms with van der Waals surface area (Å²) in [7, 11) is -1.84. The number of hydrogen-bond donors (Lipinski definition) is 2. The summed E-state index contributed by atoms with van der Waals surface area (Å²) in [4.78, 5) is 11.8. The Balaban J connectivity index is 2.09. The van der Waals surface area contributed by atoms with Crippen LogP contribution in [0.3, 0.4) is 0 Å². The monoisotopic (exact) mass is 290 g/mol. The molecule has 0 bridgehead atoms. The molecule has 2 heterocycles. The Labute approximate surface area is 114 Å². The van der Waals surface area contributed by atoms with Gasteiger partial charge in [0.1, 0.15) is 0 Å². The van der Waals surface area contributed by atoms with Crippen LogP contribution in [0.2, 0.25) is 0 Å². The van der Waals surface area contributed by atoms with Crippen LogP contribution in [0.25, 0.3) is 0 Å². The second-order valence-corrected chi connectivity index (χ2v) is 7.31. The van der Waals surface area contributed by atoms with Crippen molar-refractivity contribution in [2.75, 3.05) is 46.3 Å². The molecule has 2 aliphatic rings. The third-order valence-electron chi connectivity index (χ3n) is 3.94. The molecule has 2 N–H and O–H groups in total. The van der Waals surface area contributed by atoms with E-state index in [9.17, 15) is 13.2 Å². The number of nitrogens with zero attached hydrogens (tertiary/aromatic N) is 2. The maximum absolute atomic E-state index is 12.5. The first-order chi connectivity index (χ1) is 8.90.